The highest BCUT2D eigenvalue weighted by Crippen LogP contribution is 2.48. The molecule has 0 saturated heterocycles. The summed E-state index contributed by atoms with van der Waals surface area (Å²) in [5.74, 6) is 3.26. The van der Waals surface area contributed by atoms with Crippen LogP contribution in [0, 0.1) is 0 Å². The second-order valence-corrected chi connectivity index (χ2v) is 8.40. The summed E-state index contributed by atoms with van der Waals surface area (Å²) in [6, 6.07) is 14.8. The molecule has 0 bridgehead atoms. The fourth-order valence-electron chi connectivity index (χ4n) is 5.13. The summed E-state index contributed by atoms with van der Waals surface area (Å²) < 4.78 is 14.0. The maximum Gasteiger partial charge on any atom is 0.212 e. The smallest absolute Gasteiger partial charge is 0.212 e. The van der Waals surface area contributed by atoms with Gasteiger partial charge in [0.25, 0.3) is 0 Å². The number of aromatic nitrogens is 2. The summed E-state index contributed by atoms with van der Waals surface area (Å²) in [5, 5.41) is 3.16. The maximum atomic E-state index is 6.20. The number of rotatable bonds is 1. The lowest BCUT2D eigenvalue weighted by Gasteiger charge is -2.41. The van der Waals surface area contributed by atoms with Crippen molar-refractivity contribution in [2.75, 3.05) is 18.5 Å². The van der Waals surface area contributed by atoms with E-state index in [2.05, 4.69) is 46.3 Å². The molecule has 6 rings (SSSR count). The summed E-state index contributed by atoms with van der Waals surface area (Å²) in [6.07, 6.45) is 4.84. The number of ether oxygens (including phenoxy) is 2. The number of hydrogen-bond donors (Lipinski definition) is 2. The number of nitrogens with zero attached hydrogens (tertiary/aromatic N) is 3. The fraction of sp³-hybridized carbons (Fsp3) is 0.391. The van der Waals surface area contributed by atoms with Crippen LogP contribution in [0.3, 0.4) is 0 Å². The number of hydrogen-bond acceptors (Lipinski definition) is 6. The molecule has 3 aliphatic rings. The molecule has 7 heteroatoms. The third kappa shape index (κ3) is 2.72. The first-order valence-electron chi connectivity index (χ1n) is 10.7. The van der Waals surface area contributed by atoms with Crippen LogP contribution in [0.25, 0.3) is 11.0 Å². The minimum absolute atomic E-state index is 0.412. The number of nitrogens with one attached hydrogen (secondary N) is 1. The van der Waals surface area contributed by atoms with Crippen molar-refractivity contribution < 1.29 is 9.47 Å². The third-order valence-corrected chi connectivity index (χ3v) is 6.57. The topological polar surface area (TPSA) is 86.7 Å². The molecule has 1 aliphatic carbocycles. The van der Waals surface area contributed by atoms with Crippen molar-refractivity contribution in [2.45, 2.75) is 43.7 Å². The Morgan fingerprint density at radius 2 is 1.77 bits per heavy atom. The fourth-order valence-corrected chi connectivity index (χ4v) is 5.13. The summed E-state index contributed by atoms with van der Waals surface area (Å²) in [6.45, 7) is 1.32. The van der Waals surface area contributed by atoms with Gasteiger partial charge in [-0.3, -0.25) is 9.88 Å². The molecule has 0 atom stereocenters. The summed E-state index contributed by atoms with van der Waals surface area (Å²) in [5.41, 5.74) is 9.08. The van der Waals surface area contributed by atoms with Crippen molar-refractivity contribution in [1.82, 2.24) is 9.55 Å². The van der Waals surface area contributed by atoms with Crippen LogP contribution in [0.2, 0.25) is 0 Å². The normalized spacial score (nSPS) is 25.3. The van der Waals surface area contributed by atoms with Crippen molar-refractivity contribution in [3.05, 3.63) is 48.0 Å². The van der Waals surface area contributed by atoms with E-state index in [9.17, 15) is 0 Å². The van der Waals surface area contributed by atoms with Gasteiger partial charge in [0.1, 0.15) is 5.66 Å². The van der Waals surface area contributed by atoms with Crippen molar-refractivity contribution in [3.63, 3.8) is 0 Å². The first-order chi connectivity index (χ1) is 14.7. The molecule has 3 aromatic rings. The van der Waals surface area contributed by atoms with E-state index in [1.54, 1.807) is 0 Å². The Bertz CT molecular complexity index is 1130. The van der Waals surface area contributed by atoms with E-state index in [-0.39, 0.29) is 0 Å². The Morgan fingerprint density at radius 1 is 1.03 bits per heavy atom. The third-order valence-electron chi connectivity index (χ3n) is 6.57. The van der Waals surface area contributed by atoms with Crippen LogP contribution < -0.4 is 20.5 Å². The van der Waals surface area contributed by atoms with E-state index >= 15 is 0 Å². The van der Waals surface area contributed by atoms with Gasteiger partial charge in [-0.1, -0.05) is 30.3 Å². The highest BCUT2D eigenvalue weighted by Gasteiger charge is 2.42. The lowest BCUT2D eigenvalue weighted by atomic mass is 9.78. The predicted octanol–water partition coefficient (Wildman–Crippen LogP) is 3.95. The molecule has 30 heavy (non-hydrogen) atoms. The van der Waals surface area contributed by atoms with Crippen LogP contribution in [0.5, 0.6) is 11.5 Å². The molecule has 0 radical (unpaired) electrons. The zero-order chi connectivity index (χ0) is 20.1. The van der Waals surface area contributed by atoms with Crippen molar-refractivity contribution >= 4 is 22.9 Å². The van der Waals surface area contributed by atoms with Crippen LogP contribution in [-0.4, -0.2) is 28.7 Å². The molecule has 154 valence electrons. The number of imidazole rings is 1. The first-order valence-corrected chi connectivity index (χ1v) is 10.7. The van der Waals surface area contributed by atoms with Gasteiger partial charge in [0.2, 0.25) is 5.95 Å². The molecular formula is C23H25N5O2. The maximum absolute atomic E-state index is 6.20. The molecule has 1 saturated carbocycles. The van der Waals surface area contributed by atoms with Gasteiger partial charge in [-0.2, -0.15) is 0 Å². The Hall–Kier alpha value is -3.22. The first kappa shape index (κ1) is 17.6. The summed E-state index contributed by atoms with van der Waals surface area (Å²) in [7, 11) is 0. The molecule has 3 N–H and O–H groups in total. The average Bonchev–Trinajstić information content (AvgIpc) is 2.95. The Labute approximate surface area is 174 Å². The van der Waals surface area contributed by atoms with Crippen LogP contribution in [0.1, 0.15) is 43.6 Å². The number of aliphatic imine (C=N–C) groups is 1. The molecule has 7 nitrogen and oxygen atoms in total. The number of guanidine groups is 1. The van der Waals surface area contributed by atoms with Crippen molar-refractivity contribution in [3.8, 4) is 11.5 Å². The van der Waals surface area contributed by atoms with Crippen LogP contribution >= 0.6 is 0 Å². The number of anilines is 1. The molecule has 1 aromatic heterocycles. The summed E-state index contributed by atoms with van der Waals surface area (Å²) >= 11 is 0. The highest BCUT2D eigenvalue weighted by atomic mass is 16.5. The quantitative estimate of drug-likeness (QED) is 0.642. The van der Waals surface area contributed by atoms with E-state index in [0.717, 1.165) is 60.6 Å². The summed E-state index contributed by atoms with van der Waals surface area (Å²) in [4.78, 5) is 9.75. The Morgan fingerprint density at radius 3 is 2.53 bits per heavy atom. The van der Waals surface area contributed by atoms with Gasteiger partial charge in [0.15, 0.2) is 17.5 Å². The SMILES string of the molecule is NC1=NC2(CCC(c3ccccc3)CC2)n2c(nc3cc4c(cc32)OCCCO4)N1. The van der Waals surface area contributed by atoms with Crippen LogP contribution in [0.15, 0.2) is 47.5 Å². The van der Waals surface area contributed by atoms with E-state index in [1.165, 1.54) is 5.56 Å². The number of benzene rings is 2. The average molecular weight is 403 g/mol. The largest absolute Gasteiger partial charge is 0.489 e. The Kier molecular flexibility index (Phi) is 3.91. The predicted molar refractivity (Wildman–Crippen MR) is 116 cm³/mol. The second kappa shape index (κ2) is 6.65. The van der Waals surface area contributed by atoms with Crippen LogP contribution in [0.4, 0.5) is 5.95 Å². The van der Waals surface area contributed by atoms with Gasteiger partial charge >= 0.3 is 0 Å². The molecule has 2 aliphatic heterocycles. The van der Waals surface area contributed by atoms with Crippen molar-refractivity contribution in [1.29, 1.82) is 0 Å². The van der Waals surface area contributed by atoms with Gasteiger partial charge in [0.05, 0.1) is 24.2 Å². The van der Waals surface area contributed by atoms with E-state index in [1.807, 2.05) is 6.07 Å². The second-order valence-electron chi connectivity index (χ2n) is 8.40. The van der Waals surface area contributed by atoms with Gasteiger partial charge in [0, 0.05) is 18.6 Å². The molecule has 1 spiro atoms. The standard InChI is InChI=1S/C23H25N5O2/c24-21-26-22-25-17-13-19-20(30-12-4-11-29-19)14-18(17)28(22)23(27-21)9-7-16(8-10-23)15-5-2-1-3-6-15/h1-3,5-6,13-14,16H,4,7-12H2,(H3,24,25,26,27). The van der Waals surface area contributed by atoms with Gasteiger partial charge in [-0.05, 0) is 37.2 Å². The van der Waals surface area contributed by atoms with Gasteiger partial charge < -0.3 is 15.2 Å². The lowest BCUT2D eigenvalue weighted by molar-refractivity contribution is 0.194. The monoisotopic (exact) mass is 403 g/mol. The van der Waals surface area contributed by atoms with Gasteiger partial charge in [-0.15, -0.1) is 0 Å². The zero-order valence-electron chi connectivity index (χ0n) is 16.8. The van der Waals surface area contributed by atoms with Crippen LogP contribution in [-0.2, 0) is 5.66 Å². The Balaban J connectivity index is 1.42. The molecule has 0 amide bonds. The van der Waals surface area contributed by atoms with E-state index in [4.69, 9.17) is 25.2 Å². The minimum atomic E-state index is -0.412. The molecule has 3 heterocycles. The highest BCUT2D eigenvalue weighted by molar-refractivity contribution is 5.95. The molecule has 1 fully saturated rings. The minimum Gasteiger partial charge on any atom is -0.489 e. The number of fused-ring (bicyclic) bond motifs is 5. The van der Waals surface area contributed by atoms with Gasteiger partial charge in [-0.25, -0.2) is 9.98 Å². The molecular weight excluding hydrogens is 378 g/mol. The van der Waals surface area contributed by atoms with Crippen molar-refractivity contribution in [2.24, 2.45) is 10.7 Å². The molecule has 2 aromatic carbocycles. The lowest BCUT2D eigenvalue weighted by Crippen LogP contribution is -2.44. The number of nitrogens with two attached hydrogens (primary N) is 1. The zero-order valence-corrected chi connectivity index (χ0v) is 16.8. The van der Waals surface area contributed by atoms with E-state index < -0.39 is 5.66 Å². The molecule has 0 unspecified atom stereocenters. The van der Waals surface area contributed by atoms with E-state index in [0.29, 0.717) is 25.1 Å².